The summed E-state index contributed by atoms with van der Waals surface area (Å²) in [7, 11) is 0. The number of fused-ring (bicyclic) bond motifs is 1. The fraction of sp³-hybridized carbons (Fsp3) is 0.381. The lowest BCUT2D eigenvalue weighted by Gasteiger charge is -2.31. The van der Waals surface area contributed by atoms with Crippen molar-refractivity contribution in [2.24, 2.45) is 0 Å². The highest BCUT2D eigenvalue weighted by molar-refractivity contribution is 5.96. The number of rotatable bonds is 3. The summed E-state index contributed by atoms with van der Waals surface area (Å²) in [6, 6.07) is 8.59. The van der Waals surface area contributed by atoms with E-state index in [-0.39, 0.29) is 12.1 Å². The van der Waals surface area contributed by atoms with Crippen LogP contribution in [-0.2, 0) is 11.2 Å². The van der Waals surface area contributed by atoms with Gasteiger partial charge in [-0.1, -0.05) is 29.8 Å². The molecule has 1 unspecified atom stereocenters. The van der Waals surface area contributed by atoms with Crippen molar-refractivity contribution < 1.29 is 4.79 Å². The quantitative estimate of drug-likeness (QED) is 0.922. The number of hydrogen-bond donors (Lipinski definition) is 1. The molecule has 4 heteroatoms. The van der Waals surface area contributed by atoms with E-state index < -0.39 is 0 Å². The van der Waals surface area contributed by atoms with Gasteiger partial charge in [0.25, 0.3) is 5.91 Å². The van der Waals surface area contributed by atoms with Gasteiger partial charge in [0.1, 0.15) is 6.17 Å². The first kappa shape index (κ1) is 16.0. The normalized spacial score (nSPS) is 22.2. The third-order valence-electron chi connectivity index (χ3n) is 5.15. The zero-order valence-corrected chi connectivity index (χ0v) is 14.7. The Bertz CT molecular complexity index is 756. The lowest BCUT2D eigenvalue weighted by atomic mass is 10.1. The topological polar surface area (TPSA) is 35.6 Å². The van der Waals surface area contributed by atoms with Gasteiger partial charge in [0.2, 0.25) is 0 Å². The van der Waals surface area contributed by atoms with Crippen LogP contribution in [0.25, 0.3) is 0 Å². The number of nitrogens with one attached hydrogen (secondary N) is 1. The molecule has 0 saturated carbocycles. The van der Waals surface area contributed by atoms with Crippen LogP contribution in [0.15, 0.2) is 60.1 Å². The first-order valence-corrected chi connectivity index (χ1v) is 9.19. The molecule has 1 aromatic carbocycles. The zero-order chi connectivity index (χ0) is 17.2. The average Bonchev–Trinajstić information content (AvgIpc) is 3.04. The van der Waals surface area contributed by atoms with Crippen LogP contribution in [0.4, 0.5) is 0 Å². The fourth-order valence-electron chi connectivity index (χ4n) is 3.79. The third-order valence-corrected chi connectivity index (χ3v) is 5.15. The summed E-state index contributed by atoms with van der Waals surface area (Å²) >= 11 is 0. The SMILES string of the molecule is Cc1cccc(CC2=CNC3C=CC(C(=O)N4CCCCC4)=CN23)c1. The molecule has 0 aliphatic carbocycles. The van der Waals surface area contributed by atoms with Gasteiger partial charge in [-0.2, -0.15) is 0 Å². The molecular weight excluding hydrogens is 310 g/mol. The van der Waals surface area contributed by atoms with Crippen molar-refractivity contribution in [1.82, 2.24) is 15.1 Å². The smallest absolute Gasteiger partial charge is 0.255 e. The van der Waals surface area contributed by atoms with Gasteiger partial charge in [0, 0.05) is 37.6 Å². The van der Waals surface area contributed by atoms with E-state index >= 15 is 0 Å². The van der Waals surface area contributed by atoms with Crippen molar-refractivity contribution in [2.45, 2.75) is 38.8 Å². The summed E-state index contributed by atoms with van der Waals surface area (Å²) in [5.41, 5.74) is 4.55. The number of hydrogen-bond acceptors (Lipinski definition) is 3. The largest absolute Gasteiger partial charge is 0.366 e. The maximum Gasteiger partial charge on any atom is 0.255 e. The van der Waals surface area contributed by atoms with Gasteiger partial charge in [-0.15, -0.1) is 0 Å². The van der Waals surface area contributed by atoms with Crippen molar-refractivity contribution in [3.8, 4) is 0 Å². The Morgan fingerprint density at radius 2 is 2.08 bits per heavy atom. The van der Waals surface area contributed by atoms with Gasteiger partial charge >= 0.3 is 0 Å². The first-order chi connectivity index (χ1) is 12.2. The van der Waals surface area contributed by atoms with Gasteiger partial charge in [-0.25, -0.2) is 0 Å². The van der Waals surface area contributed by atoms with E-state index in [4.69, 9.17) is 0 Å². The lowest BCUT2D eigenvalue weighted by Crippen LogP contribution is -2.39. The van der Waals surface area contributed by atoms with Crippen LogP contribution in [0, 0.1) is 6.92 Å². The Hall–Kier alpha value is -2.49. The van der Waals surface area contributed by atoms with E-state index in [1.165, 1.54) is 23.2 Å². The summed E-state index contributed by atoms with van der Waals surface area (Å²) < 4.78 is 0. The minimum absolute atomic E-state index is 0.123. The predicted octanol–water partition coefficient (Wildman–Crippen LogP) is 3.08. The summed E-state index contributed by atoms with van der Waals surface area (Å²) in [4.78, 5) is 17.0. The number of nitrogens with zero attached hydrogens (tertiary/aromatic N) is 2. The van der Waals surface area contributed by atoms with Crippen LogP contribution in [0.2, 0.25) is 0 Å². The Morgan fingerprint density at radius 3 is 2.88 bits per heavy atom. The molecule has 1 aromatic rings. The second-order valence-electron chi connectivity index (χ2n) is 7.12. The maximum atomic E-state index is 12.8. The number of carbonyl (C=O) groups excluding carboxylic acids is 1. The van der Waals surface area contributed by atoms with E-state index in [1.807, 2.05) is 17.2 Å². The second-order valence-corrected chi connectivity index (χ2v) is 7.12. The number of piperidine rings is 1. The van der Waals surface area contributed by atoms with Crippen LogP contribution in [0.5, 0.6) is 0 Å². The van der Waals surface area contributed by atoms with Gasteiger partial charge < -0.3 is 15.1 Å². The number of benzene rings is 1. The van der Waals surface area contributed by atoms with E-state index in [0.29, 0.717) is 0 Å². The summed E-state index contributed by atoms with van der Waals surface area (Å²) in [5, 5.41) is 3.39. The molecule has 1 fully saturated rings. The second kappa shape index (κ2) is 6.79. The molecule has 0 bridgehead atoms. The molecule has 4 rings (SSSR count). The number of allylic oxidation sites excluding steroid dienone is 1. The third kappa shape index (κ3) is 3.34. The van der Waals surface area contributed by atoms with Gasteiger partial charge in [0.05, 0.1) is 5.57 Å². The van der Waals surface area contributed by atoms with Crippen molar-refractivity contribution in [1.29, 1.82) is 0 Å². The zero-order valence-electron chi connectivity index (χ0n) is 14.7. The first-order valence-electron chi connectivity index (χ1n) is 9.19. The fourth-order valence-corrected chi connectivity index (χ4v) is 3.79. The Morgan fingerprint density at radius 1 is 1.24 bits per heavy atom. The molecule has 0 radical (unpaired) electrons. The van der Waals surface area contributed by atoms with Crippen molar-refractivity contribution in [3.05, 3.63) is 71.2 Å². The van der Waals surface area contributed by atoms with Gasteiger partial charge in [0.15, 0.2) is 0 Å². The lowest BCUT2D eigenvalue weighted by molar-refractivity contribution is -0.127. The number of carbonyl (C=O) groups is 1. The molecule has 130 valence electrons. The Kier molecular flexibility index (Phi) is 4.35. The van der Waals surface area contributed by atoms with Crippen LogP contribution in [-0.4, -0.2) is 35.0 Å². The van der Waals surface area contributed by atoms with Crippen LogP contribution >= 0.6 is 0 Å². The Labute approximate surface area is 149 Å². The van der Waals surface area contributed by atoms with Crippen molar-refractivity contribution in [2.75, 3.05) is 13.1 Å². The average molecular weight is 335 g/mol. The van der Waals surface area contributed by atoms with Crippen LogP contribution < -0.4 is 5.32 Å². The number of likely N-dealkylation sites (tertiary alicyclic amines) is 1. The van der Waals surface area contributed by atoms with E-state index in [0.717, 1.165) is 37.9 Å². The minimum Gasteiger partial charge on any atom is -0.366 e. The molecule has 1 atom stereocenters. The van der Waals surface area contributed by atoms with Gasteiger partial charge in [-0.3, -0.25) is 4.79 Å². The standard InChI is InChI=1S/C21H25N3O/c1-16-6-5-7-17(12-16)13-19-14-22-20-9-8-18(15-24(19)20)21(25)23-10-3-2-4-11-23/h5-9,12,14-15,20,22H,2-4,10-11,13H2,1H3. The molecule has 0 spiro atoms. The molecule has 1 N–H and O–H groups in total. The number of aryl methyl sites for hydroxylation is 1. The van der Waals surface area contributed by atoms with Crippen LogP contribution in [0.3, 0.4) is 0 Å². The maximum absolute atomic E-state index is 12.8. The van der Waals surface area contributed by atoms with Crippen molar-refractivity contribution in [3.63, 3.8) is 0 Å². The molecule has 3 aliphatic heterocycles. The molecule has 4 nitrogen and oxygen atoms in total. The molecule has 1 saturated heterocycles. The molecule has 0 aromatic heterocycles. The number of amides is 1. The summed E-state index contributed by atoms with van der Waals surface area (Å²) in [6.07, 6.45) is 12.6. The highest BCUT2D eigenvalue weighted by atomic mass is 16.2. The molecule has 3 aliphatic rings. The van der Waals surface area contributed by atoms with Crippen LogP contribution in [0.1, 0.15) is 30.4 Å². The summed E-state index contributed by atoms with van der Waals surface area (Å²) in [6.45, 7) is 3.89. The van der Waals surface area contributed by atoms with E-state index in [2.05, 4.69) is 53.7 Å². The minimum atomic E-state index is 0.123. The molecule has 25 heavy (non-hydrogen) atoms. The molecule has 3 heterocycles. The van der Waals surface area contributed by atoms with E-state index in [9.17, 15) is 4.79 Å². The van der Waals surface area contributed by atoms with E-state index in [1.54, 1.807) is 0 Å². The highest BCUT2D eigenvalue weighted by Gasteiger charge is 2.28. The van der Waals surface area contributed by atoms with Gasteiger partial charge in [-0.05, 0) is 43.9 Å². The monoisotopic (exact) mass is 335 g/mol. The predicted molar refractivity (Wildman–Crippen MR) is 99.4 cm³/mol. The van der Waals surface area contributed by atoms with Crippen molar-refractivity contribution >= 4 is 5.91 Å². The highest BCUT2D eigenvalue weighted by Crippen LogP contribution is 2.26. The molecule has 1 amide bonds. The summed E-state index contributed by atoms with van der Waals surface area (Å²) in [5.74, 6) is 0.163. The Balaban J connectivity index is 1.50. The molecular formula is C21H25N3O.